The first-order valence-electron chi connectivity index (χ1n) is 3.68. The highest BCUT2D eigenvalue weighted by molar-refractivity contribution is 14.1. The summed E-state index contributed by atoms with van der Waals surface area (Å²) in [5.74, 6) is 0. The van der Waals surface area contributed by atoms with E-state index in [1.54, 1.807) is 0 Å². The fraction of sp³-hybridized carbons (Fsp3) is 1.00. The molecule has 0 saturated carbocycles. The molecular formula is C6H14IN3. The van der Waals surface area contributed by atoms with E-state index >= 15 is 0 Å². The van der Waals surface area contributed by atoms with Gasteiger partial charge < -0.3 is 5.32 Å². The Morgan fingerprint density at radius 2 is 2.10 bits per heavy atom. The van der Waals surface area contributed by atoms with Gasteiger partial charge in [-0.2, -0.15) is 0 Å². The zero-order valence-corrected chi connectivity index (χ0v) is 8.23. The van der Waals surface area contributed by atoms with Gasteiger partial charge >= 0.3 is 0 Å². The summed E-state index contributed by atoms with van der Waals surface area (Å²) in [5.41, 5.74) is 3.36. The third-order valence-corrected chi connectivity index (χ3v) is 2.09. The molecular weight excluding hydrogens is 241 g/mol. The van der Waals surface area contributed by atoms with E-state index in [-0.39, 0.29) is 0 Å². The van der Waals surface area contributed by atoms with E-state index in [0.717, 1.165) is 32.7 Å². The summed E-state index contributed by atoms with van der Waals surface area (Å²) in [7, 11) is 0. The van der Waals surface area contributed by atoms with Crippen molar-refractivity contribution in [2.45, 2.75) is 0 Å². The van der Waals surface area contributed by atoms with Crippen LogP contribution in [0.25, 0.3) is 0 Å². The average molecular weight is 255 g/mol. The van der Waals surface area contributed by atoms with Gasteiger partial charge in [0.25, 0.3) is 0 Å². The summed E-state index contributed by atoms with van der Waals surface area (Å²) < 4.78 is 1.18. The Morgan fingerprint density at radius 1 is 1.40 bits per heavy atom. The second kappa shape index (κ2) is 5.29. The molecule has 3 nitrogen and oxygen atoms in total. The van der Waals surface area contributed by atoms with Crippen molar-refractivity contribution < 1.29 is 0 Å². The van der Waals surface area contributed by atoms with Crippen molar-refractivity contribution in [1.82, 2.24) is 15.8 Å². The van der Waals surface area contributed by atoms with Crippen molar-refractivity contribution in [2.24, 2.45) is 0 Å². The number of nitrogens with one attached hydrogen (secondary N) is 2. The first-order chi connectivity index (χ1) is 4.93. The third-order valence-electron chi connectivity index (χ3n) is 1.55. The van der Waals surface area contributed by atoms with Crippen LogP contribution in [0, 0.1) is 0 Å². The Balaban J connectivity index is 2.02. The summed E-state index contributed by atoms with van der Waals surface area (Å²) >= 11 is 2.38. The summed E-state index contributed by atoms with van der Waals surface area (Å²) in [6.07, 6.45) is 0. The van der Waals surface area contributed by atoms with Crippen molar-refractivity contribution >= 4 is 22.6 Å². The van der Waals surface area contributed by atoms with Gasteiger partial charge in [0.15, 0.2) is 0 Å². The molecule has 10 heavy (non-hydrogen) atoms. The van der Waals surface area contributed by atoms with E-state index in [4.69, 9.17) is 0 Å². The van der Waals surface area contributed by atoms with Crippen LogP contribution in [-0.2, 0) is 0 Å². The van der Waals surface area contributed by atoms with Crippen LogP contribution in [0.15, 0.2) is 0 Å². The van der Waals surface area contributed by atoms with E-state index < -0.39 is 0 Å². The fourth-order valence-electron chi connectivity index (χ4n) is 1.02. The Labute approximate surface area is 75.6 Å². The van der Waals surface area contributed by atoms with Crippen LogP contribution in [0.5, 0.6) is 0 Å². The molecule has 0 aromatic rings. The van der Waals surface area contributed by atoms with Crippen LogP contribution in [0.3, 0.4) is 0 Å². The van der Waals surface area contributed by atoms with Gasteiger partial charge in [0.2, 0.25) is 0 Å². The minimum Gasteiger partial charge on any atom is -0.314 e. The molecule has 1 fully saturated rings. The number of halogens is 1. The highest BCUT2D eigenvalue weighted by atomic mass is 127. The van der Waals surface area contributed by atoms with Gasteiger partial charge in [0, 0.05) is 37.2 Å². The summed E-state index contributed by atoms with van der Waals surface area (Å²) in [6, 6.07) is 0. The molecule has 0 aromatic carbocycles. The van der Waals surface area contributed by atoms with Crippen molar-refractivity contribution in [3.63, 3.8) is 0 Å². The molecule has 0 aliphatic carbocycles. The van der Waals surface area contributed by atoms with Crippen LogP contribution >= 0.6 is 22.6 Å². The van der Waals surface area contributed by atoms with E-state index in [0.29, 0.717) is 0 Å². The maximum atomic E-state index is 3.36. The molecule has 0 aromatic heterocycles. The van der Waals surface area contributed by atoms with Crippen LogP contribution in [-0.4, -0.2) is 42.2 Å². The van der Waals surface area contributed by atoms with Crippen molar-refractivity contribution in [2.75, 3.05) is 37.2 Å². The van der Waals surface area contributed by atoms with Gasteiger partial charge in [0.1, 0.15) is 0 Å². The molecule has 0 radical (unpaired) electrons. The van der Waals surface area contributed by atoms with Gasteiger partial charge in [-0.3, -0.25) is 5.43 Å². The zero-order valence-electron chi connectivity index (χ0n) is 6.07. The van der Waals surface area contributed by atoms with E-state index in [1.165, 1.54) is 4.43 Å². The molecule has 1 heterocycles. The zero-order chi connectivity index (χ0) is 7.23. The molecule has 0 spiro atoms. The summed E-state index contributed by atoms with van der Waals surface area (Å²) in [4.78, 5) is 0. The predicted molar refractivity (Wildman–Crippen MR) is 51.3 cm³/mol. The van der Waals surface area contributed by atoms with Crippen LogP contribution in [0.1, 0.15) is 0 Å². The lowest BCUT2D eigenvalue weighted by molar-refractivity contribution is 0.170. The number of hydrazine groups is 1. The minimum atomic E-state index is 1.10. The number of nitrogens with zero attached hydrogens (tertiary/aromatic N) is 1. The normalized spacial score (nSPS) is 21.3. The van der Waals surface area contributed by atoms with Crippen LogP contribution in [0.2, 0.25) is 0 Å². The fourth-order valence-corrected chi connectivity index (χ4v) is 1.26. The van der Waals surface area contributed by atoms with E-state index in [9.17, 15) is 0 Å². The smallest absolute Gasteiger partial charge is 0.0256 e. The largest absolute Gasteiger partial charge is 0.314 e. The van der Waals surface area contributed by atoms with Crippen LogP contribution in [0.4, 0.5) is 0 Å². The van der Waals surface area contributed by atoms with Crippen molar-refractivity contribution in [3.05, 3.63) is 0 Å². The molecule has 1 aliphatic heterocycles. The average Bonchev–Trinajstić information content (AvgIpc) is 2.03. The minimum absolute atomic E-state index is 1.10. The molecule has 4 heteroatoms. The Morgan fingerprint density at radius 3 is 2.70 bits per heavy atom. The number of alkyl halides is 1. The van der Waals surface area contributed by atoms with Crippen molar-refractivity contribution in [1.29, 1.82) is 0 Å². The van der Waals surface area contributed by atoms with Crippen LogP contribution < -0.4 is 10.7 Å². The maximum absolute atomic E-state index is 3.36. The van der Waals surface area contributed by atoms with E-state index in [1.807, 2.05) is 0 Å². The first kappa shape index (κ1) is 8.70. The summed E-state index contributed by atoms with van der Waals surface area (Å²) in [6.45, 7) is 5.61. The molecule has 1 aliphatic rings. The van der Waals surface area contributed by atoms with Gasteiger partial charge in [-0.05, 0) is 0 Å². The van der Waals surface area contributed by atoms with E-state index in [2.05, 4.69) is 38.3 Å². The SMILES string of the molecule is ICCNN1CCNCC1. The topological polar surface area (TPSA) is 27.3 Å². The lowest BCUT2D eigenvalue weighted by Gasteiger charge is -2.27. The third kappa shape index (κ3) is 3.14. The highest BCUT2D eigenvalue weighted by Crippen LogP contribution is 1.86. The molecule has 0 atom stereocenters. The lowest BCUT2D eigenvalue weighted by Crippen LogP contribution is -2.50. The second-order valence-corrected chi connectivity index (χ2v) is 3.41. The van der Waals surface area contributed by atoms with Gasteiger partial charge in [-0.25, -0.2) is 5.01 Å². The van der Waals surface area contributed by atoms with Gasteiger partial charge in [-0.1, -0.05) is 22.6 Å². The maximum Gasteiger partial charge on any atom is 0.0256 e. The number of hydrogen-bond donors (Lipinski definition) is 2. The predicted octanol–water partition coefficient (Wildman–Crippen LogP) is -0.169. The lowest BCUT2D eigenvalue weighted by atomic mass is 10.4. The van der Waals surface area contributed by atoms with Gasteiger partial charge in [0.05, 0.1) is 0 Å². The Hall–Kier alpha value is 0.610. The summed E-state index contributed by atoms with van der Waals surface area (Å²) in [5, 5.41) is 5.59. The second-order valence-electron chi connectivity index (χ2n) is 2.33. The molecule has 2 N–H and O–H groups in total. The number of rotatable bonds is 3. The molecule has 1 rings (SSSR count). The quantitative estimate of drug-likeness (QED) is 0.541. The molecule has 0 amide bonds. The Kier molecular flexibility index (Phi) is 4.60. The monoisotopic (exact) mass is 255 g/mol. The molecule has 0 bridgehead atoms. The first-order valence-corrected chi connectivity index (χ1v) is 5.21. The number of hydrogen-bond acceptors (Lipinski definition) is 3. The standard InChI is InChI=1S/C6H14IN3/c7-1-2-9-10-5-3-8-4-6-10/h8-9H,1-6H2. The Bertz CT molecular complexity index is 83.1. The highest BCUT2D eigenvalue weighted by Gasteiger charge is 2.06. The molecule has 60 valence electrons. The molecule has 1 saturated heterocycles. The molecule has 0 unspecified atom stereocenters. The van der Waals surface area contributed by atoms with Crippen molar-refractivity contribution in [3.8, 4) is 0 Å². The number of piperazine rings is 1. The van der Waals surface area contributed by atoms with Gasteiger partial charge in [-0.15, -0.1) is 0 Å².